The third-order valence-corrected chi connectivity index (χ3v) is 5.48. The van der Waals surface area contributed by atoms with Crippen LogP contribution in [0.25, 0.3) is 0 Å². The van der Waals surface area contributed by atoms with Crippen molar-refractivity contribution in [2.45, 2.75) is 12.5 Å². The highest BCUT2D eigenvalue weighted by Crippen LogP contribution is 2.30. The van der Waals surface area contributed by atoms with Gasteiger partial charge in [-0.15, -0.1) is 0 Å². The van der Waals surface area contributed by atoms with Gasteiger partial charge in [-0.3, -0.25) is 4.79 Å². The summed E-state index contributed by atoms with van der Waals surface area (Å²) in [6.45, 7) is 0.990. The summed E-state index contributed by atoms with van der Waals surface area (Å²) in [6, 6.07) is 12.5. The Hall–Kier alpha value is -3.75. The average Bonchev–Trinajstić information content (AvgIpc) is 2.94. The second kappa shape index (κ2) is 8.55. The molecule has 0 radical (unpaired) electrons. The van der Waals surface area contributed by atoms with E-state index in [4.69, 9.17) is 9.47 Å². The van der Waals surface area contributed by atoms with Crippen LogP contribution >= 0.6 is 0 Å². The highest BCUT2D eigenvalue weighted by molar-refractivity contribution is 6.21. The number of urea groups is 2. The topological polar surface area (TPSA) is 91.4 Å². The van der Waals surface area contributed by atoms with Gasteiger partial charge in [0, 0.05) is 24.8 Å². The Morgan fingerprint density at radius 1 is 1.00 bits per heavy atom. The van der Waals surface area contributed by atoms with Gasteiger partial charge in [-0.1, -0.05) is 18.2 Å². The predicted molar refractivity (Wildman–Crippen MR) is 115 cm³/mol. The van der Waals surface area contributed by atoms with Crippen LogP contribution in [0.15, 0.2) is 48.5 Å². The average molecular weight is 424 g/mol. The first kappa shape index (κ1) is 20.5. The molecular weight excluding hydrogens is 400 g/mol. The van der Waals surface area contributed by atoms with Gasteiger partial charge in [-0.2, -0.15) is 0 Å². The first-order valence-electron chi connectivity index (χ1n) is 10.0. The van der Waals surface area contributed by atoms with Crippen LogP contribution in [0.4, 0.5) is 21.0 Å². The van der Waals surface area contributed by atoms with Gasteiger partial charge >= 0.3 is 12.1 Å². The van der Waals surface area contributed by atoms with Gasteiger partial charge in [0.1, 0.15) is 6.04 Å². The Labute approximate surface area is 180 Å². The summed E-state index contributed by atoms with van der Waals surface area (Å²) in [5.41, 5.74) is 1.08. The van der Waals surface area contributed by atoms with Gasteiger partial charge in [0.25, 0.3) is 5.91 Å². The highest BCUT2D eigenvalue weighted by atomic mass is 16.5. The largest absolute Gasteiger partial charge is 0.493 e. The monoisotopic (exact) mass is 424 g/mol. The number of fused-ring (bicyclic) bond motifs is 1. The maximum Gasteiger partial charge on any atom is 0.332 e. The number of para-hydroxylation sites is 1. The molecule has 0 bridgehead atoms. The second-order valence-electron chi connectivity index (χ2n) is 7.30. The molecule has 2 heterocycles. The van der Waals surface area contributed by atoms with Crippen LogP contribution in [0, 0.1) is 0 Å². The number of benzene rings is 2. The normalized spacial score (nSPS) is 18.5. The number of rotatable bonds is 4. The lowest BCUT2D eigenvalue weighted by atomic mass is 10.2. The molecule has 9 nitrogen and oxygen atoms in total. The Balaban J connectivity index is 1.50. The van der Waals surface area contributed by atoms with Crippen LogP contribution in [-0.2, 0) is 4.79 Å². The molecule has 2 aromatic rings. The van der Waals surface area contributed by atoms with Crippen LogP contribution in [0.5, 0.6) is 11.5 Å². The van der Waals surface area contributed by atoms with Gasteiger partial charge in [0.2, 0.25) is 0 Å². The second-order valence-corrected chi connectivity index (χ2v) is 7.30. The molecule has 4 rings (SSSR count). The molecule has 2 saturated heterocycles. The van der Waals surface area contributed by atoms with Crippen molar-refractivity contribution in [3.8, 4) is 11.5 Å². The van der Waals surface area contributed by atoms with E-state index in [9.17, 15) is 14.4 Å². The Morgan fingerprint density at radius 2 is 1.74 bits per heavy atom. The Bertz CT molecular complexity index is 997. The van der Waals surface area contributed by atoms with Crippen molar-refractivity contribution in [3.05, 3.63) is 48.5 Å². The minimum atomic E-state index is -0.702. The molecule has 0 saturated carbocycles. The SMILES string of the molecule is COc1ccc(NC(=O)N2CCCN3C(=O)N(c4ccccc4)C(=O)C3C2)cc1OC. The Kier molecular flexibility index (Phi) is 5.66. The standard InChI is InChI=1S/C22H24N4O5/c1-30-18-10-9-15(13-19(18)31-2)23-21(28)24-11-6-12-25-17(14-24)20(27)26(22(25)29)16-7-4-3-5-8-16/h3-5,7-10,13,17H,6,11-12,14H2,1-2H3,(H,23,28). The van der Waals surface area contributed by atoms with E-state index in [2.05, 4.69) is 5.32 Å². The van der Waals surface area contributed by atoms with E-state index in [-0.39, 0.29) is 24.5 Å². The molecule has 0 spiro atoms. The first-order chi connectivity index (χ1) is 15.0. The molecule has 0 aliphatic carbocycles. The van der Waals surface area contributed by atoms with Gasteiger partial charge in [-0.05, 0) is 30.7 Å². The molecule has 1 N–H and O–H groups in total. The number of ether oxygens (including phenoxy) is 2. The summed E-state index contributed by atoms with van der Waals surface area (Å²) < 4.78 is 10.5. The molecule has 2 aromatic carbocycles. The zero-order chi connectivity index (χ0) is 22.0. The maximum absolute atomic E-state index is 13.1. The molecule has 2 fully saturated rings. The number of hydrogen-bond donors (Lipinski definition) is 1. The molecule has 2 aliphatic heterocycles. The van der Waals surface area contributed by atoms with E-state index in [0.717, 1.165) is 0 Å². The number of methoxy groups -OCH3 is 2. The van der Waals surface area contributed by atoms with Crippen molar-refractivity contribution in [1.29, 1.82) is 0 Å². The molecule has 162 valence electrons. The summed E-state index contributed by atoms with van der Waals surface area (Å²) >= 11 is 0. The smallest absolute Gasteiger partial charge is 0.332 e. The molecular formula is C22H24N4O5. The van der Waals surface area contributed by atoms with E-state index in [0.29, 0.717) is 42.4 Å². The lowest BCUT2D eigenvalue weighted by Crippen LogP contribution is -2.45. The molecule has 2 aliphatic rings. The van der Waals surface area contributed by atoms with Gasteiger partial charge in [-0.25, -0.2) is 14.5 Å². The number of carbonyl (C=O) groups is 3. The number of hydrogen-bond acceptors (Lipinski definition) is 5. The number of anilines is 2. The lowest BCUT2D eigenvalue weighted by molar-refractivity contribution is -0.119. The molecule has 31 heavy (non-hydrogen) atoms. The third-order valence-electron chi connectivity index (χ3n) is 5.48. The minimum absolute atomic E-state index is 0.132. The van der Waals surface area contributed by atoms with E-state index in [1.54, 1.807) is 52.3 Å². The van der Waals surface area contributed by atoms with Crippen LogP contribution in [0.1, 0.15) is 6.42 Å². The number of amides is 5. The Morgan fingerprint density at radius 3 is 2.45 bits per heavy atom. The minimum Gasteiger partial charge on any atom is -0.493 e. The summed E-state index contributed by atoms with van der Waals surface area (Å²) in [5.74, 6) is 0.737. The van der Waals surface area contributed by atoms with Crippen molar-refractivity contribution < 1.29 is 23.9 Å². The summed E-state index contributed by atoms with van der Waals surface area (Å²) in [4.78, 5) is 43.2. The van der Waals surface area contributed by atoms with Gasteiger partial charge in [0.15, 0.2) is 11.5 Å². The first-order valence-corrected chi connectivity index (χ1v) is 10.0. The fourth-order valence-corrected chi connectivity index (χ4v) is 3.91. The molecule has 0 aromatic heterocycles. The van der Waals surface area contributed by atoms with E-state index in [1.807, 2.05) is 6.07 Å². The maximum atomic E-state index is 13.1. The summed E-state index contributed by atoms with van der Waals surface area (Å²) in [7, 11) is 3.06. The van der Waals surface area contributed by atoms with Crippen LogP contribution in [0.2, 0.25) is 0 Å². The quantitative estimate of drug-likeness (QED) is 0.762. The van der Waals surface area contributed by atoms with E-state index >= 15 is 0 Å². The van der Waals surface area contributed by atoms with Crippen LogP contribution < -0.4 is 19.7 Å². The molecule has 1 atom stereocenters. The zero-order valence-corrected chi connectivity index (χ0v) is 17.4. The van der Waals surface area contributed by atoms with Crippen molar-refractivity contribution in [2.24, 2.45) is 0 Å². The number of nitrogens with zero attached hydrogens (tertiary/aromatic N) is 3. The van der Waals surface area contributed by atoms with Gasteiger partial charge in [0.05, 0.1) is 26.5 Å². The van der Waals surface area contributed by atoms with Crippen molar-refractivity contribution in [2.75, 3.05) is 44.1 Å². The summed E-state index contributed by atoms with van der Waals surface area (Å²) in [6.07, 6.45) is 0.581. The fraction of sp³-hybridized carbons (Fsp3) is 0.318. The molecule has 5 amide bonds. The predicted octanol–water partition coefficient (Wildman–Crippen LogP) is 2.78. The van der Waals surface area contributed by atoms with Crippen molar-refractivity contribution in [1.82, 2.24) is 9.80 Å². The highest BCUT2D eigenvalue weighted by Gasteiger charge is 2.47. The van der Waals surface area contributed by atoms with E-state index in [1.165, 1.54) is 19.1 Å². The number of carbonyl (C=O) groups excluding carboxylic acids is 3. The summed E-state index contributed by atoms with van der Waals surface area (Å²) in [5, 5.41) is 2.84. The zero-order valence-electron chi connectivity index (χ0n) is 17.4. The van der Waals surface area contributed by atoms with Crippen molar-refractivity contribution >= 4 is 29.3 Å². The van der Waals surface area contributed by atoms with Crippen LogP contribution in [0.3, 0.4) is 0 Å². The van der Waals surface area contributed by atoms with Gasteiger partial charge < -0.3 is 24.6 Å². The molecule has 9 heteroatoms. The number of imide groups is 1. The van der Waals surface area contributed by atoms with Crippen molar-refractivity contribution in [3.63, 3.8) is 0 Å². The van der Waals surface area contributed by atoms with Crippen LogP contribution in [-0.4, -0.2) is 67.7 Å². The molecule has 1 unspecified atom stereocenters. The lowest BCUT2D eigenvalue weighted by Gasteiger charge is -2.24. The fourth-order valence-electron chi connectivity index (χ4n) is 3.91. The third kappa shape index (κ3) is 3.86. The number of nitrogens with one attached hydrogen (secondary N) is 1. The van der Waals surface area contributed by atoms with E-state index < -0.39 is 6.04 Å².